The van der Waals surface area contributed by atoms with E-state index in [1.807, 2.05) is 0 Å². The predicted octanol–water partition coefficient (Wildman–Crippen LogP) is 4.65. The standard InChI is InChI=1S/C23H20F3N3O4S/c1-15(30)27-18-10-8-16(9-11-18)12-22(31)28-19-5-3-7-21(14-19)34(32,33)29-20-6-2-4-17(13-20)23(24,25)26/h2-11,13-14,29H,12H2,1H3,(H,27,30)(H,28,31). The zero-order valence-electron chi connectivity index (χ0n) is 17.8. The molecule has 3 aromatic carbocycles. The van der Waals surface area contributed by atoms with Crippen LogP contribution in [0.2, 0.25) is 0 Å². The molecular formula is C23H20F3N3O4S. The summed E-state index contributed by atoms with van der Waals surface area (Å²) >= 11 is 0. The molecule has 0 saturated carbocycles. The van der Waals surface area contributed by atoms with Crippen LogP contribution in [-0.2, 0) is 32.2 Å². The third-order valence-electron chi connectivity index (χ3n) is 4.51. The van der Waals surface area contributed by atoms with Gasteiger partial charge in [0.15, 0.2) is 0 Å². The minimum absolute atomic E-state index is 0.000185. The van der Waals surface area contributed by atoms with Gasteiger partial charge in [-0.2, -0.15) is 13.2 Å². The van der Waals surface area contributed by atoms with Crippen LogP contribution in [0.15, 0.2) is 77.7 Å². The first-order valence-electron chi connectivity index (χ1n) is 9.89. The summed E-state index contributed by atoms with van der Waals surface area (Å²) in [7, 11) is -4.21. The fourth-order valence-electron chi connectivity index (χ4n) is 3.01. The van der Waals surface area contributed by atoms with E-state index in [0.29, 0.717) is 17.3 Å². The van der Waals surface area contributed by atoms with Crippen LogP contribution < -0.4 is 15.4 Å². The van der Waals surface area contributed by atoms with E-state index < -0.39 is 27.7 Å². The molecule has 2 amide bonds. The number of amides is 2. The number of anilines is 3. The molecule has 0 aliphatic rings. The summed E-state index contributed by atoms with van der Waals surface area (Å²) < 4.78 is 66.1. The van der Waals surface area contributed by atoms with E-state index in [0.717, 1.165) is 12.1 Å². The Bertz CT molecular complexity index is 1310. The molecule has 0 bridgehead atoms. The lowest BCUT2D eigenvalue weighted by Crippen LogP contribution is -2.16. The molecule has 0 saturated heterocycles. The van der Waals surface area contributed by atoms with Crippen molar-refractivity contribution in [2.45, 2.75) is 24.4 Å². The molecule has 0 spiro atoms. The summed E-state index contributed by atoms with van der Waals surface area (Å²) in [5.41, 5.74) is 0.224. The Morgan fingerprint density at radius 3 is 2.12 bits per heavy atom. The van der Waals surface area contributed by atoms with Crippen LogP contribution in [0.1, 0.15) is 18.1 Å². The maximum atomic E-state index is 12.9. The molecule has 0 aliphatic heterocycles. The van der Waals surface area contributed by atoms with Gasteiger partial charge in [0.2, 0.25) is 11.8 Å². The molecule has 11 heteroatoms. The first kappa shape index (κ1) is 24.8. The molecule has 0 fully saturated rings. The number of halogens is 3. The van der Waals surface area contributed by atoms with Crippen molar-refractivity contribution >= 4 is 38.9 Å². The van der Waals surface area contributed by atoms with Crippen LogP contribution in [0.5, 0.6) is 0 Å². The summed E-state index contributed by atoms with van der Waals surface area (Å²) in [4.78, 5) is 23.2. The van der Waals surface area contributed by atoms with Crippen LogP contribution in [0, 0.1) is 0 Å². The van der Waals surface area contributed by atoms with Crippen molar-refractivity contribution < 1.29 is 31.2 Å². The van der Waals surface area contributed by atoms with E-state index in [1.54, 1.807) is 24.3 Å². The van der Waals surface area contributed by atoms with E-state index in [9.17, 15) is 31.2 Å². The fourth-order valence-corrected chi connectivity index (χ4v) is 4.11. The van der Waals surface area contributed by atoms with Gasteiger partial charge in [-0.05, 0) is 54.1 Å². The molecule has 0 heterocycles. The number of carbonyl (C=O) groups is 2. The second-order valence-corrected chi connectivity index (χ2v) is 9.00. The Balaban J connectivity index is 1.69. The Labute approximate surface area is 194 Å². The molecule has 0 aromatic heterocycles. The Morgan fingerprint density at radius 1 is 0.824 bits per heavy atom. The van der Waals surface area contributed by atoms with Gasteiger partial charge in [-0.15, -0.1) is 0 Å². The van der Waals surface area contributed by atoms with Crippen molar-refractivity contribution in [3.63, 3.8) is 0 Å². The van der Waals surface area contributed by atoms with E-state index in [1.165, 1.54) is 37.3 Å². The lowest BCUT2D eigenvalue weighted by atomic mass is 10.1. The number of hydrogen-bond donors (Lipinski definition) is 3. The molecule has 3 N–H and O–H groups in total. The summed E-state index contributed by atoms with van der Waals surface area (Å²) in [5, 5.41) is 5.21. The maximum Gasteiger partial charge on any atom is 0.416 e. The zero-order chi connectivity index (χ0) is 24.9. The number of hydrogen-bond acceptors (Lipinski definition) is 4. The van der Waals surface area contributed by atoms with Crippen molar-refractivity contribution in [2.24, 2.45) is 0 Å². The van der Waals surface area contributed by atoms with Crippen LogP contribution in [-0.4, -0.2) is 20.2 Å². The average molecular weight is 491 g/mol. The second kappa shape index (κ2) is 9.96. The summed E-state index contributed by atoms with van der Waals surface area (Å²) in [6.07, 6.45) is -4.62. The van der Waals surface area contributed by atoms with Gasteiger partial charge >= 0.3 is 6.18 Å². The van der Waals surface area contributed by atoms with Crippen molar-refractivity contribution in [1.29, 1.82) is 0 Å². The lowest BCUT2D eigenvalue weighted by molar-refractivity contribution is -0.137. The third-order valence-corrected chi connectivity index (χ3v) is 5.89. The lowest BCUT2D eigenvalue weighted by Gasteiger charge is -2.12. The SMILES string of the molecule is CC(=O)Nc1ccc(CC(=O)Nc2cccc(S(=O)(=O)Nc3cccc(C(F)(F)F)c3)c2)cc1. The highest BCUT2D eigenvalue weighted by atomic mass is 32.2. The molecule has 3 aromatic rings. The van der Waals surface area contributed by atoms with Crippen molar-refractivity contribution in [3.05, 3.63) is 83.9 Å². The number of alkyl halides is 3. The molecule has 0 unspecified atom stereocenters. The minimum atomic E-state index is -4.62. The molecule has 178 valence electrons. The van der Waals surface area contributed by atoms with Crippen LogP contribution in [0.25, 0.3) is 0 Å². The van der Waals surface area contributed by atoms with Crippen LogP contribution in [0.4, 0.5) is 30.2 Å². The predicted molar refractivity (Wildman–Crippen MR) is 122 cm³/mol. The molecule has 0 atom stereocenters. The zero-order valence-corrected chi connectivity index (χ0v) is 18.6. The summed E-state index contributed by atoms with van der Waals surface area (Å²) in [6, 6.07) is 15.8. The first-order chi connectivity index (χ1) is 15.9. The monoisotopic (exact) mass is 491 g/mol. The fraction of sp³-hybridized carbons (Fsp3) is 0.130. The van der Waals surface area contributed by atoms with Gasteiger partial charge in [0.1, 0.15) is 0 Å². The number of carbonyl (C=O) groups excluding carboxylic acids is 2. The van der Waals surface area contributed by atoms with Gasteiger partial charge in [0.05, 0.1) is 16.9 Å². The maximum absolute atomic E-state index is 12.9. The van der Waals surface area contributed by atoms with Crippen LogP contribution in [0.3, 0.4) is 0 Å². The number of benzene rings is 3. The van der Waals surface area contributed by atoms with Crippen LogP contribution >= 0.6 is 0 Å². The Kier molecular flexibility index (Phi) is 7.26. The molecule has 0 aliphatic carbocycles. The van der Waals surface area contributed by atoms with Gasteiger partial charge in [-0.3, -0.25) is 14.3 Å². The largest absolute Gasteiger partial charge is 0.416 e. The number of sulfonamides is 1. The summed E-state index contributed by atoms with van der Waals surface area (Å²) in [6.45, 7) is 1.38. The van der Waals surface area contributed by atoms with Gasteiger partial charge < -0.3 is 10.6 Å². The Hall–Kier alpha value is -3.86. The smallest absolute Gasteiger partial charge is 0.326 e. The third kappa shape index (κ3) is 6.82. The highest BCUT2D eigenvalue weighted by Gasteiger charge is 2.30. The molecule has 7 nitrogen and oxygen atoms in total. The van der Waals surface area contributed by atoms with E-state index >= 15 is 0 Å². The van der Waals surface area contributed by atoms with E-state index in [2.05, 4.69) is 15.4 Å². The van der Waals surface area contributed by atoms with Crippen molar-refractivity contribution in [1.82, 2.24) is 0 Å². The average Bonchev–Trinajstić information content (AvgIpc) is 2.74. The van der Waals surface area contributed by atoms with E-state index in [4.69, 9.17) is 0 Å². The van der Waals surface area contributed by atoms with Gasteiger partial charge in [-0.1, -0.05) is 24.3 Å². The highest BCUT2D eigenvalue weighted by molar-refractivity contribution is 7.92. The number of nitrogens with one attached hydrogen (secondary N) is 3. The minimum Gasteiger partial charge on any atom is -0.326 e. The highest BCUT2D eigenvalue weighted by Crippen LogP contribution is 2.31. The van der Waals surface area contributed by atoms with Crippen molar-refractivity contribution in [3.8, 4) is 0 Å². The van der Waals surface area contributed by atoms with Crippen molar-refractivity contribution in [2.75, 3.05) is 15.4 Å². The van der Waals surface area contributed by atoms with E-state index in [-0.39, 0.29) is 28.6 Å². The van der Waals surface area contributed by atoms with Gasteiger partial charge in [0, 0.05) is 24.0 Å². The normalized spacial score (nSPS) is 11.5. The molecular weight excluding hydrogens is 471 g/mol. The number of rotatable bonds is 7. The molecule has 34 heavy (non-hydrogen) atoms. The second-order valence-electron chi connectivity index (χ2n) is 7.31. The quantitative estimate of drug-likeness (QED) is 0.448. The first-order valence-corrected chi connectivity index (χ1v) is 11.4. The van der Waals surface area contributed by atoms with Gasteiger partial charge in [-0.25, -0.2) is 8.42 Å². The Morgan fingerprint density at radius 2 is 1.47 bits per heavy atom. The molecule has 3 rings (SSSR count). The summed E-state index contributed by atoms with van der Waals surface area (Å²) in [5.74, 6) is -0.629. The molecule has 0 radical (unpaired) electrons. The topological polar surface area (TPSA) is 104 Å². The van der Waals surface area contributed by atoms with Gasteiger partial charge in [0.25, 0.3) is 10.0 Å².